The van der Waals surface area contributed by atoms with Gasteiger partial charge in [-0.05, 0) is 6.92 Å². The summed E-state index contributed by atoms with van der Waals surface area (Å²) in [6.45, 7) is 6.38. The fraction of sp³-hybridized carbons (Fsp3) is 0.545. The Morgan fingerprint density at radius 1 is 1.50 bits per heavy atom. The minimum atomic E-state index is -0.794. The van der Waals surface area contributed by atoms with Crippen LogP contribution >= 0.6 is 11.6 Å². The molecule has 1 aromatic rings. The zero-order chi connectivity index (χ0) is 13.7. The Bertz CT molecular complexity index is 437. The summed E-state index contributed by atoms with van der Waals surface area (Å²) in [5.41, 5.74) is 5.62. The molecule has 0 unspecified atom stereocenters. The summed E-state index contributed by atoms with van der Waals surface area (Å²) >= 11 is 6.03. The lowest BCUT2D eigenvalue weighted by molar-refractivity contribution is 0.161. The van der Waals surface area contributed by atoms with E-state index < -0.39 is 6.09 Å². The van der Waals surface area contributed by atoms with Gasteiger partial charge in [-0.1, -0.05) is 25.4 Å². The molecule has 0 saturated carbocycles. The molecule has 0 bridgehead atoms. The van der Waals surface area contributed by atoms with Crippen molar-refractivity contribution < 1.29 is 9.53 Å². The summed E-state index contributed by atoms with van der Waals surface area (Å²) in [4.78, 5) is 19.0. The number of nitrogens with one attached hydrogen (secondary N) is 1. The maximum absolute atomic E-state index is 10.4. The third kappa shape index (κ3) is 4.03. The summed E-state index contributed by atoms with van der Waals surface area (Å²) in [6.07, 6.45) is -0.794. The predicted molar refractivity (Wildman–Crippen MR) is 69.9 cm³/mol. The number of rotatable bonds is 5. The van der Waals surface area contributed by atoms with Gasteiger partial charge in [0.05, 0.1) is 6.54 Å². The van der Waals surface area contributed by atoms with Crippen LogP contribution < -0.4 is 11.1 Å². The second kappa shape index (κ2) is 6.39. The maximum Gasteiger partial charge on any atom is 0.404 e. The van der Waals surface area contributed by atoms with Crippen LogP contribution in [0.3, 0.4) is 0 Å². The van der Waals surface area contributed by atoms with Gasteiger partial charge in [-0.15, -0.1) is 0 Å². The number of primary amides is 1. The number of ether oxygens (including phenoxy) is 1. The number of carbonyl (C=O) groups excluding carboxylic acids is 1. The number of hydrogen-bond acceptors (Lipinski definition) is 5. The van der Waals surface area contributed by atoms with Crippen molar-refractivity contribution in [3.8, 4) is 0 Å². The molecule has 3 N–H and O–H groups in total. The lowest BCUT2D eigenvalue weighted by Gasteiger charge is -2.12. The molecule has 0 fully saturated rings. The zero-order valence-electron chi connectivity index (χ0n) is 10.7. The number of carbonyl (C=O) groups is 1. The Balaban J connectivity index is 2.72. The molecule has 0 spiro atoms. The van der Waals surface area contributed by atoms with Gasteiger partial charge >= 0.3 is 6.09 Å². The molecule has 7 heteroatoms. The summed E-state index contributed by atoms with van der Waals surface area (Å²) < 4.78 is 4.61. The van der Waals surface area contributed by atoms with Crippen molar-refractivity contribution >= 4 is 23.5 Å². The monoisotopic (exact) mass is 272 g/mol. The molecule has 0 aliphatic carbocycles. The molecule has 0 aliphatic heterocycles. The van der Waals surface area contributed by atoms with Crippen molar-refractivity contribution in [1.29, 1.82) is 0 Å². The summed E-state index contributed by atoms with van der Waals surface area (Å²) in [5, 5.41) is 3.46. The topological polar surface area (TPSA) is 90.1 Å². The van der Waals surface area contributed by atoms with Crippen LogP contribution in [0, 0.1) is 6.92 Å². The normalized spacial score (nSPS) is 10.5. The van der Waals surface area contributed by atoms with E-state index in [0.717, 1.165) is 5.56 Å². The van der Waals surface area contributed by atoms with Crippen LogP contribution in [0.1, 0.15) is 31.2 Å². The third-order valence-electron chi connectivity index (χ3n) is 2.26. The first kappa shape index (κ1) is 14.5. The first-order valence-corrected chi connectivity index (χ1v) is 5.99. The van der Waals surface area contributed by atoms with Gasteiger partial charge in [0.1, 0.15) is 23.4 Å². The predicted octanol–water partition coefficient (Wildman–Crippen LogP) is 2.07. The Morgan fingerprint density at radius 3 is 2.72 bits per heavy atom. The summed E-state index contributed by atoms with van der Waals surface area (Å²) in [6, 6.07) is 0. The highest BCUT2D eigenvalue weighted by atomic mass is 35.5. The highest BCUT2D eigenvalue weighted by Gasteiger charge is 2.11. The number of amides is 1. The van der Waals surface area contributed by atoms with E-state index in [9.17, 15) is 4.79 Å². The van der Waals surface area contributed by atoms with E-state index in [1.807, 2.05) is 20.8 Å². The molecular weight excluding hydrogens is 256 g/mol. The molecule has 0 atom stereocenters. The molecule has 1 rings (SSSR count). The van der Waals surface area contributed by atoms with Crippen LogP contribution in [0.15, 0.2) is 0 Å². The van der Waals surface area contributed by atoms with E-state index in [1.165, 1.54) is 0 Å². The van der Waals surface area contributed by atoms with Gasteiger partial charge < -0.3 is 15.8 Å². The Labute approximate surface area is 111 Å². The highest BCUT2D eigenvalue weighted by Crippen LogP contribution is 2.22. The van der Waals surface area contributed by atoms with E-state index in [0.29, 0.717) is 23.3 Å². The minimum Gasteiger partial charge on any atom is -0.448 e. The average Bonchev–Trinajstić information content (AvgIpc) is 2.28. The van der Waals surface area contributed by atoms with Gasteiger partial charge in [0.15, 0.2) is 0 Å². The number of nitrogens with two attached hydrogens (primary N) is 1. The summed E-state index contributed by atoms with van der Waals surface area (Å²) in [7, 11) is 0. The SMILES string of the molecule is Cc1c(Cl)nc(C(C)C)nc1NCCOC(N)=O. The van der Waals surface area contributed by atoms with Crippen LogP contribution in [-0.4, -0.2) is 29.2 Å². The van der Waals surface area contributed by atoms with Crippen molar-refractivity contribution in [3.05, 3.63) is 16.5 Å². The standard InChI is InChI=1S/C11H17ClN4O2/c1-6(2)9-15-8(12)7(3)10(16-9)14-4-5-18-11(13)17/h6H,4-5H2,1-3H3,(H2,13,17)(H,14,15,16). The van der Waals surface area contributed by atoms with Gasteiger partial charge in [0.2, 0.25) is 0 Å². The van der Waals surface area contributed by atoms with Crippen LogP contribution in [0.4, 0.5) is 10.6 Å². The number of nitrogens with zero attached hydrogens (tertiary/aromatic N) is 2. The van der Waals surface area contributed by atoms with Gasteiger partial charge in [-0.25, -0.2) is 14.8 Å². The zero-order valence-corrected chi connectivity index (χ0v) is 11.4. The minimum absolute atomic E-state index is 0.174. The molecule has 100 valence electrons. The van der Waals surface area contributed by atoms with E-state index in [-0.39, 0.29) is 12.5 Å². The molecule has 0 aromatic carbocycles. The van der Waals surface area contributed by atoms with Crippen molar-refractivity contribution in [1.82, 2.24) is 9.97 Å². The van der Waals surface area contributed by atoms with Crippen molar-refractivity contribution in [2.45, 2.75) is 26.7 Å². The quantitative estimate of drug-likeness (QED) is 0.632. The molecule has 0 saturated heterocycles. The van der Waals surface area contributed by atoms with Crippen LogP contribution in [-0.2, 0) is 4.74 Å². The maximum atomic E-state index is 10.4. The molecular formula is C11H17ClN4O2. The number of hydrogen-bond donors (Lipinski definition) is 2. The first-order valence-electron chi connectivity index (χ1n) is 5.62. The smallest absolute Gasteiger partial charge is 0.404 e. The molecule has 1 aromatic heterocycles. The fourth-order valence-electron chi connectivity index (χ4n) is 1.26. The molecule has 0 aliphatic rings. The van der Waals surface area contributed by atoms with E-state index >= 15 is 0 Å². The van der Waals surface area contributed by atoms with Gasteiger partial charge in [0.25, 0.3) is 0 Å². The van der Waals surface area contributed by atoms with Gasteiger partial charge in [-0.2, -0.15) is 0 Å². The van der Waals surface area contributed by atoms with Gasteiger partial charge in [-0.3, -0.25) is 0 Å². The Hall–Kier alpha value is -1.56. The lowest BCUT2D eigenvalue weighted by atomic mass is 10.2. The number of anilines is 1. The first-order chi connectivity index (χ1) is 8.41. The van der Waals surface area contributed by atoms with Gasteiger partial charge in [0, 0.05) is 11.5 Å². The van der Waals surface area contributed by atoms with Crippen molar-refractivity contribution in [2.24, 2.45) is 5.73 Å². The second-order valence-corrected chi connectivity index (χ2v) is 4.45. The Morgan fingerprint density at radius 2 is 2.17 bits per heavy atom. The van der Waals surface area contributed by atoms with Crippen molar-refractivity contribution in [3.63, 3.8) is 0 Å². The van der Waals surface area contributed by atoms with E-state index in [2.05, 4.69) is 20.0 Å². The molecule has 1 heterocycles. The highest BCUT2D eigenvalue weighted by molar-refractivity contribution is 6.30. The third-order valence-corrected chi connectivity index (χ3v) is 2.63. The molecule has 18 heavy (non-hydrogen) atoms. The fourth-order valence-corrected chi connectivity index (χ4v) is 1.43. The summed E-state index contributed by atoms with van der Waals surface area (Å²) in [5.74, 6) is 1.50. The van der Waals surface area contributed by atoms with E-state index in [4.69, 9.17) is 17.3 Å². The van der Waals surface area contributed by atoms with Crippen LogP contribution in [0.25, 0.3) is 0 Å². The largest absolute Gasteiger partial charge is 0.448 e. The second-order valence-electron chi connectivity index (χ2n) is 4.10. The number of halogens is 1. The average molecular weight is 273 g/mol. The molecule has 6 nitrogen and oxygen atoms in total. The molecule has 0 radical (unpaired) electrons. The number of aromatic nitrogens is 2. The van der Waals surface area contributed by atoms with Crippen LogP contribution in [0.2, 0.25) is 5.15 Å². The lowest BCUT2D eigenvalue weighted by Crippen LogP contribution is -2.19. The van der Waals surface area contributed by atoms with E-state index in [1.54, 1.807) is 0 Å². The van der Waals surface area contributed by atoms with Crippen molar-refractivity contribution in [2.75, 3.05) is 18.5 Å². The van der Waals surface area contributed by atoms with Crippen LogP contribution in [0.5, 0.6) is 0 Å². The molecule has 1 amide bonds. The Kier molecular flexibility index (Phi) is 5.15.